The molecule has 1 aliphatic rings. The van der Waals surface area contributed by atoms with Crippen LogP contribution in [-0.2, 0) is 4.79 Å². The van der Waals surface area contributed by atoms with E-state index >= 15 is 0 Å². The molecule has 2 atom stereocenters. The minimum Gasteiger partial charge on any atom is -0.388 e. The van der Waals surface area contributed by atoms with Crippen LogP contribution in [0, 0.1) is 5.92 Å². The van der Waals surface area contributed by atoms with E-state index in [-0.39, 0.29) is 17.9 Å². The average molecular weight is 256 g/mol. The molecule has 1 saturated carbocycles. The highest BCUT2D eigenvalue weighted by Gasteiger charge is 2.38. The van der Waals surface area contributed by atoms with Crippen LogP contribution in [-0.4, -0.2) is 28.2 Å². The summed E-state index contributed by atoms with van der Waals surface area (Å²) in [5.74, 6) is -0.134. The van der Waals surface area contributed by atoms with Crippen molar-refractivity contribution in [3.8, 4) is 0 Å². The Hall–Kier alpha value is -0.610. The molecule has 1 fully saturated rings. The Morgan fingerprint density at radius 3 is 2.28 bits per heavy atom. The summed E-state index contributed by atoms with van der Waals surface area (Å²) in [6.45, 7) is 7.10. The second kappa shape index (κ2) is 5.57. The summed E-state index contributed by atoms with van der Waals surface area (Å²) in [5, 5.41) is 13.0. The first-order valence-electron chi connectivity index (χ1n) is 6.95. The van der Waals surface area contributed by atoms with Gasteiger partial charge < -0.3 is 16.2 Å². The Labute approximate surface area is 110 Å². The average Bonchev–Trinajstić information content (AvgIpc) is 2.40. The maximum Gasteiger partial charge on any atom is 0.225 e. The van der Waals surface area contributed by atoms with Crippen LogP contribution >= 0.6 is 0 Å². The van der Waals surface area contributed by atoms with E-state index in [9.17, 15) is 9.90 Å². The van der Waals surface area contributed by atoms with Gasteiger partial charge >= 0.3 is 0 Å². The van der Waals surface area contributed by atoms with Crippen molar-refractivity contribution in [1.82, 2.24) is 5.32 Å². The SMILES string of the molecule is CC(C)(O)C(C)(C)NC(=O)C1CCCCCC1N. The number of hydrogen-bond acceptors (Lipinski definition) is 3. The molecule has 1 aliphatic carbocycles. The first kappa shape index (κ1) is 15.4. The molecular weight excluding hydrogens is 228 g/mol. The van der Waals surface area contributed by atoms with Gasteiger partial charge in [0.05, 0.1) is 17.1 Å². The third-order valence-electron chi connectivity index (χ3n) is 4.37. The van der Waals surface area contributed by atoms with Crippen molar-refractivity contribution in [3.05, 3.63) is 0 Å². The molecule has 1 amide bonds. The van der Waals surface area contributed by atoms with Crippen LogP contribution < -0.4 is 11.1 Å². The minimum atomic E-state index is -0.961. The quantitative estimate of drug-likeness (QED) is 0.671. The van der Waals surface area contributed by atoms with Gasteiger partial charge in [-0.3, -0.25) is 4.79 Å². The highest BCUT2D eigenvalue weighted by Crippen LogP contribution is 2.25. The molecule has 0 radical (unpaired) electrons. The van der Waals surface area contributed by atoms with E-state index in [0.717, 1.165) is 32.1 Å². The molecule has 0 bridgehead atoms. The van der Waals surface area contributed by atoms with Gasteiger partial charge in [0.2, 0.25) is 5.91 Å². The maximum atomic E-state index is 12.3. The van der Waals surface area contributed by atoms with Crippen molar-refractivity contribution in [2.75, 3.05) is 0 Å². The molecule has 0 aromatic heterocycles. The lowest BCUT2D eigenvalue weighted by atomic mass is 9.84. The zero-order valence-electron chi connectivity index (χ0n) is 12.1. The zero-order chi connectivity index (χ0) is 14.0. The third kappa shape index (κ3) is 3.69. The van der Waals surface area contributed by atoms with Crippen LogP contribution in [0.5, 0.6) is 0 Å². The van der Waals surface area contributed by atoms with Crippen molar-refractivity contribution < 1.29 is 9.90 Å². The molecule has 0 aromatic rings. The van der Waals surface area contributed by atoms with E-state index in [1.165, 1.54) is 0 Å². The molecular formula is C14H28N2O2. The van der Waals surface area contributed by atoms with Gasteiger partial charge in [0, 0.05) is 6.04 Å². The van der Waals surface area contributed by atoms with Crippen LogP contribution in [0.15, 0.2) is 0 Å². The Morgan fingerprint density at radius 1 is 1.17 bits per heavy atom. The number of carbonyl (C=O) groups excluding carboxylic acids is 1. The monoisotopic (exact) mass is 256 g/mol. The normalized spacial score (nSPS) is 26.6. The Morgan fingerprint density at radius 2 is 1.72 bits per heavy atom. The Balaban J connectivity index is 2.69. The van der Waals surface area contributed by atoms with Gasteiger partial charge in [-0.2, -0.15) is 0 Å². The van der Waals surface area contributed by atoms with Gasteiger partial charge in [-0.05, 0) is 40.5 Å². The molecule has 0 aliphatic heterocycles. The van der Waals surface area contributed by atoms with Gasteiger partial charge in [-0.1, -0.05) is 19.3 Å². The summed E-state index contributed by atoms with van der Waals surface area (Å²) in [7, 11) is 0. The lowest BCUT2D eigenvalue weighted by Gasteiger charge is -2.39. The number of amides is 1. The summed E-state index contributed by atoms with van der Waals surface area (Å²) in [6, 6.07) is -0.0508. The van der Waals surface area contributed by atoms with Gasteiger partial charge in [-0.25, -0.2) is 0 Å². The number of nitrogens with one attached hydrogen (secondary N) is 1. The molecule has 1 rings (SSSR count). The molecule has 4 nitrogen and oxygen atoms in total. The van der Waals surface area contributed by atoms with Gasteiger partial charge in [0.25, 0.3) is 0 Å². The van der Waals surface area contributed by atoms with Crippen molar-refractivity contribution in [2.24, 2.45) is 11.7 Å². The lowest BCUT2D eigenvalue weighted by Crippen LogP contribution is -2.60. The fourth-order valence-corrected chi connectivity index (χ4v) is 2.22. The van der Waals surface area contributed by atoms with Gasteiger partial charge in [0.15, 0.2) is 0 Å². The Kier molecular flexibility index (Phi) is 4.78. The predicted molar refractivity (Wildman–Crippen MR) is 73.1 cm³/mol. The summed E-state index contributed by atoms with van der Waals surface area (Å²) in [5.41, 5.74) is 4.47. The zero-order valence-corrected chi connectivity index (χ0v) is 12.1. The second-order valence-electron chi connectivity index (χ2n) is 6.58. The van der Waals surface area contributed by atoms with E-state index in [1.807, 2.05) is 13.8 Å². The largest absolute Gasteiger partial charge is 0.388 e. The molecule has 0 aromatic carbocycles. The number of rotatable bonds is 3. The highest BCUT2D eigenvalue weighted by atomic mass is 16.3. The summed E-state index contributed by atoms with van der Waals surface area (Å²) < 4.78 is 0. The summed E-state index contributed by atoms with van der Waals surface area (Å²) in [6.07, 6.45) is 5.11. The third-order valence-corrected chi connectivity index (χ3v) is 4.37. The Bertz CT molecular complexity index is 295. The standard InChI is InChI=1S/C14H28N2O2/c1-13(2,14(3,4)18)16-12(17)10-8-6-5-7-9-11(10)15/h10-11,18H,5-9,15H2,1-4H3,(H,16,17). The fourth-order valence-electron chi connectivity index (χ4n) is 2.22. The van der Waals surface area contributed by atoms with Crippen molar-refractivity contribution in [1.29, 1.82) is 0 Å². The van der Waals surface area contributed by atoms with E-state index in [2.05, 4.69) is 5.32 Å². The highest BCUT2D eigenvalue weighted by molar-refractivity contribution is 5.80. The van der Waals surface area contributed by atoms with E-state index in [4.69, 9.17) is 5.73 Å². The van der Waals surface area contributed by atoms with Crippen LogP contribution in [0.25, 0.3) is 0 Å². The minimum absolute atomic E-state index is 0.0171. The number of aliphatic hydroxyl groups is 1. The molecule has 4 N–H and O–H groups in total. The van der Waals surface area contributed by atoms with Crippen molar-refractivity contribution in [3.63, 3.8) is 0 Å². The van der Waals surface area contributed by atoms with Crippen LogP contribution in [0.2, 0.25) is 0 Å². The van der Waals surface area contributed by atoms with E-state index in [1.54, 1.807) is 13.8 Å². The van der Waals surface area contributed by atoms with Crippen LogP contribution in [0.4, 0.5) is 0 Å². The molecule has 0 spiro atoms. The number of hydrogen-bond donors (Lipinski definition) is 3. The summed E-state index contributed by atoms with van der Waals surface area (Å²) in [4.78, 5) is 12.3. The molecule has 2 unspecified atom stereocenters. The van der Waals surface area contributed by atoms with Crippen molar-refractivity contribution >= 4 is 5.91 Å². The molecule has 18 heavy (non-hydrogen) atoms. The van der Waals surface area contributed by atoms with Crippen LogP contribution in [0.1, 0.15) is 59.8 Å². The number of carbonyl (C=O) groups is 1. The molecule has 106 valence electrons. The molecule has 0 heterocycles. The first-order chi connectivity index (χ1) is 8.15. The van der Waals surface area contributed by atoms with Gasteiger partial charge in [0.1, 0.15) is 0 Å². The summed E-state index contributed by atoms with van der Waals surface area (Å²) >= 11 is 0. The van der Waals surface area contributed by atoms with Crippen LogP contribution in [0.3, 0.4) is 0 Å². The molecule has 4 heteroatoms. The maximum absolute atomic E-state index is 12.3. The smallest absolute Gasteiger partial charge is 0.225 e. The van der Waals surface area contributed by atoms with Crippen molar-refractivity contribution in [2.45, 2.75) is 77.0 Å². The lowest BCUT2D eigenvalue weighted by molar-refractivity contribution is -0.131. The number of nitrogens with two attached hydrogens (primary N) is 1. The topological polar surface area (TPSA) is 75.3 Å². The van der Waals surface area contributed by atoms with E-state index < -0.39 is 11.1 Å². The molecule has 0 saturated heterocycles. The first-order valence-corrected chi connectivity index (χ1v) is 6.95. The van der Waals surface area contributed by atoms with Gasteiger partial charge in [-0.15, -0.1) is 0 Å². The van der Waals surface area contributed by atoms with E-state index in [0.29, 0.717) is 0 Å². The second-order valence-corrected chi connectivity index (χ2v) is 6.58. The fraction of sp³-hybridized carbons (Fsp3) is 0.929. The predicted octanol–water partition coefficient (Wildman–Crippen LogP) is 1.56.